The van der Waals surface area contributed by atoms with E-state index in [-0.39, 0.29) is 29.8 Å². The van der Waals surface area contributed by atoms with Crippen LogP contribution in [0, 0.1) is 0 Å². The molecule has 6 nitrogen and oxygen atoms in total. The molecule has 3 amide bonds. The van der Waals surface area contributed by atoms with E-state index < -0.39 is 0 Å². The molecule has 0 unspecified atom stereocenters. The van der Waals surface area contributed by atoms with Gasteiger partial charge in [0.25, 0.3) is 17.7 Å². The quantitative estimate of drug-likeness (QED) is 0.464. The Morgan fingerprint density at radius 3 is 2.48 bits per heavy atom. The summed E-state index contributed by atoms with van der Waals surface area (Å²) in [6.45, 7) is 0.631. The number of para-hydroxylation sites is 1. The molecule has 1 aromatic heterocycles. The number of nitrogens with zero attached hydrogens (tertiary/aromatic N) is 2. The van der Waals surface area contributed by atoms with Crippen LogP contribution < -0.4 is 5.32 Å². The number of imide groups is 1. The third kappa shape index (κ3) is 3.99. The summed E-state index contributed by atoms with van der Waals surface area (Å²) in [5.41, 5.74) is 3.80. The highest BCUT2D eigenvalue weighted by molar-refractivity contribution is 6.22. The Hall–Kier alpha value is -4.32. The van der Waals surface area contributed by atoms with Gasteiger partial charge in [0, 0.05) is 23.7 Å². The van der Waals surface area contributed by atoms with Gasteiger partial charge < -0.3 is 5.32 Å². The van der Waals surface area contributed by atoms with Crippen molar-refractivity contribution in [3.63, 3.8) is 0 Å². The molecule has 2 heterocycles. The maximum Gasteiger partial charge on any atom is 0.261 e. The lowest BCUT2D eigenvalue weighted by atomic mass is 10.0. The first-order valence-electron chi connectivity index (χ1n) is 10.8. The number of benzene rings is 3. The van der Waals surface area contributed by atoms with Crippen molar-refractivity contribution in [1.29, 1.82) is 0 Å². The normalized spacial score (nSPS) is 12.8. The molecule has 33 heavy (non-hydrogen) atoms. The summed E-state index contributed by atoms with van der Waals surface area (Å²) < 4.78 is 0. The van der Waals surface area contributed by atoms with Gasteiger partial charge in [0.2, 0.25) is 0 Å². The molecule has 0 saturated carbocycles. The summed E-state index contributed by atoms with van der Waals surface area (Å²) in [6.07, 6.45) is 2.39. The van der Waals surface area contributed by atoms with Crippen molar-refractivity contribution in [3.8, 4) is 0 Å². The number of rotatable bonds is 6. The molecular formula is C27H21N3O3. The van der Waals surface area contributed by atoms with E-state index in [1.807, 2.05) is 60.7 Å². The molecule has 0 aliphatic carbocycles. The van der Waals surface area contributed by atoms with Gasteiger partial charge in [-0.1, -0.05) is 54.6 Å². The first-order chi connectivity index (χ1) is 16.1. The van der Waals surface area contributed by atoms with Crippen molar-refractivity contribution in [3.05, 3.63) is 113 Å². The molecule has 1 aliphatic heterocycles. The van der Waals surface area contributed by atoms with Crippen LogP contribution in [0.4, 0.5) is 0 Å². The lowest BCUT2D eigenvalue weighted by Crippen LogP contribution is -2.29. The van der Waals surface area contributed by atoms with Gasteiger partial charge in [0.1, 0.15) is 0 Å². The predicted molar refractivity (Wildman–Crippen MR) is 125 cm³/mol. The number of carbonyl (C=O) groups excluding carboxylic acids is 3. The molecule has 0 atom stereocenters. The minimum atomic E-state index is -0.379. The van der Waals surface area contributed by atoms with Crippen molar-refractivity contribution in [1.82, 2.24) is 15.2 Å². The summed E-state index contributed by atoms with van der Waals surface area (Å²) in [4.78, 5) is 44.0. The molecule has 1 N–H and O–H groups in total. The second kappa shape index (κ2) is 8.67. The SMILES string of the molecule is O=C(NCCc1cccc2cccnc12)c1ccc2c(c1)C(=O)N(Cc1ccccc1)C2=O. The number of fused-ring (bicyclic) bond motifs is 2. The van der Waals surface area contributed by atoms with E-state index >= 15 is 0 Å². The molecule has 162 valence electrons. The number of pyridine rings is 1. The van der Waals surface area contributed by atoms with Gasteiger partial charge in [-0.15, -0.1) is 0 Å². The Kier molecular flexibility index (Phi) is 5.40. The Labute approximate surface area is 190 Å². The van der Waals surface area contributed by atoms with Gasteiger partial charge in [-0.25, -0.2) is 0 Å². The summed E-state index contributed by atoms with van der Waals surface area (Å²) in [7, 11) is 0. The van der Waals surface area contributed by atoms with Crippen LogP contribution in [0.3, 0.4) is 0 Å². The highest BCUT2D eigenvalue weighted by Gasteiger charge is 2.35. The lowest BCUT2D eigenvalue weighted by Gasteiger charge is -2.13. The lowest BCUT2D eigenvalue weighted by molar-refractivity contribution is 0.0642. The van der Waals surface area contributed by atoms with Gasteiger partial charge >= 0.3 is 0 Å². The van der Waals surface area contributed by atoms with Gasteiger partial charge in [-0.05, 0) is 41.8 Å². The van der Waals surface area contributed by atoms with Crippen LogP contribution in [0.25, 0.3) is 10.9 Å². The third-order valence-electron chi connectivity index (χ3n) is 5.81. The fraction of sp³-hybridized carbons (Fsp3) is 0.111. The molecule has 3 aromatic carbocycles. The predicted octanol–water partition coefficient (Wildman–Crippen LogP) is 4.00. The second-order valence-electron chi connectivity index (χ2n) is 7.94. The maximum atomic E-state index is 12.9. The number of nitrogens with one attached hydrogen (secondary N) is 1. The minimum absolute atomic E-state index is 0.202. The second-order valence-corrected chi connectivity index (χ2v) is 7.94. The number of carbonyl (C=O) groups is 3. The molecular weight excluding hydrogens is 414 g/mol. The number of aromatic nitrogens is 1. The van der Waals surface area contributed by atoms with Gasteiger partial charge in [-0.2, -0.15) is 0 Å². The van der Waals surface area contributed by atoms with Crippen molar-refractivity contribution in [2.24, 2.45) is 0 Å². The van der Waals surface area contributed by atoms with Gasteiger partial charge in [0.15, 0.2) is 0 Å². The molecule has 1 aliphatic rings. The van der Waals surface area contributed by atoms with Gasteiger partial charge in [-0.3, -0.25) is 24.3 Å². The molecule has 0 radical (unpaired) electrons. The summed E-state index contributed by atoms with van der Waals surface area (Å²) >= 11 is 0. The molecule has 5 rings (SSSR count). The minimum Gasteiger partial charge on any atom is -0.352 e. The summed E-state index contributed by atoms with van der Waals surface area (Å²) in [5.74, 6) is -1.00. The van der Waals surface area contributed by atoms with E-state index in [0.29, 0.717) is 24.1 Å². The van der Waals surface area contributed by atoms with Crippen LogP contribution >= 0.6 is 0 Å². The van der Waals surface area contributed by atoms with E-state index in [1.165, 1.54) is 11.0 Å². The smallest absolute Gasteiger partial charge is 0.261 e. The molecule has 4 aromatic rings. The van der Waals surface area contributed by atoms with E-state index in [1.54, 1.807) is 18.3 Å². The van der Waals surface area contributed by atoms with Gasteiger partial charge in [0.05, 0.1) is 23.2 Å². The Bertz CT molecular complexity index is 1380. The van der Waals surface area contributed by atoms with E-state index in [9.17, 15) is 14.4 Å². The Balaban J connectivity index is 1.27. The zero-order chi connectivity index (χ0) is 22.8. The largest absolute Gasteiger partial charge is 0.352 e. The number of hydrogen-bond acceptors (Lipinski definition) is 4. The molecule has 0 saturated heterocycles. The fourth-order valence-corrected chi connectivity index (χ4v) is 4.12. The van der Waals surface area contributed by atoms with E-state index in [2.05, 4.69) is 10.3 Å². The van der Waals surface area contributed by atoms with Crippen molar-refractivity contribution >= 4 is 28.6 Å². The van der Waals surface area contributed by atoms with Crippen LogP contribution in [0.2, 0.25) is 0 Å². The Morgan fingerprint density at radius 1 is 0.848 bits per heavy atom. The fourth-order valence-electron chi connectivity index (χ4n) is 4.12. The molecule has 0 bridgehead atoms. The molecule has 0 fully saturated rings. The highest BCUT2D eigenvalue weighted by Crippen LogP contribution is 2.25. The Morgan fingerprint density at radius 2 is 1.64 bits per heavy atom. The first kappa shape index (κ1) is 20.6. The number of hydrogen-bond donors (Lipinski definition) is 1. The van der Waals surface area contributed by atoms with Crippen LogP contribution in [-0.2, 0) is 13.0 Å². The topological polar surface area (TPSA) is 79.4 Å². The first-order valence-corrected chi connectivity index (χ1v) is 10.8. The average molecular weight is 435 g/mol. The molecule has 0 spiro atoms. The zero-order valence-corrected chi connectivity index (χ0v) is 17.8. The third-order valence-corrected chi connectivity index (χ3v) is 5.81. The van der Waals surface area contributed by atoms with E-state index in [4.69, 9.17) is 0 Å². The monoisotopic (exact) mass is 435 g/mol. The maximum absolute atomic E-state index is 12.9. The summed E-state index contributed by atoms with van der Waals surface area (Å²) in [5, 5.41) is 3.96. The zero-order valence-electron chi connectivity index (χ0n) is 17.8. The van der Waals surface area contributed by atoms with Crippen LogP contribution in [0.15, 0.2) is 85.1 Å². The van der Waals surface area contributed by atoms with Crippen LogP contribution in [0.1, 0.15) is 42.2 Å². The summed E-state index contributed by atoms with van der Waals surface area (Å²) in [6, 6.07) is 23.9. The highest BCUT2D eigenvalue weighted by atomic mass is 16.2. The van der Waals surface area contributed by atoms with Crippen LogP contribution in [-0.4, -0.2) is 34.2 Å². The average Bonchev–Trinajstić information content (AvgIpc) is 3.09. The van der Waals surface area contributed by atoms with Crippen molar-refractivity contribution in [2.45, 2.75) is 13.0 Å². The molecule has 6 heteroatoms. The van der Waals surface area contributed by atoms with Crippen molar-refractivity contribution < 1.29 is 14.4 Å². The van der Waals surface area contributed by atoms with E-state index in [0.717, 1.165) is 22.0 Å². The van der Waals surface area contributed by atoms with Crippen molar-refractivity contribution in [2.75, 3.05) is 6.54 Å². The van der Waals surface area contributed by atoms with Crippen LogP contribution in [0.5, 0.6) is 0 Å². The number of amides is 3. The standard InChI is InChI=1S/C27H21N3O3/c31-25(29-15-13-20-9-4-8-19-10-5-14-28-24(19)20)21-11-12-22-23(16-21)27(33)30(26(22)32)17-18-6-2-1-3-7-18/h1-12,14,16H,13,15,17H2,(H,29,31).